The Bertz CT molecular complexity index is 1450. The third-order valence-corrected chi connectivity index (χ3v) is 5.91. The van der Waals surface area contributed by atoms with Crippen molar-refractivity contribution in [3.63, 3.8) is 0 Å². The molecule has 0 atom stereocenters. The van der Waals surface area contributed by atoms with Crippen LogP contribution in [-0.2, 0) is 16.7 Å². The predicted molar refractivity (Wildman–Crippen MR) is 117 cm³/mol. The number of carbonyl (C=O) groups excluding carboxylic acids is 1. The van der Waals surface area contributed by atoms with Crippen LogP contribution in [-0.4, -0.2) is 41.5 Å². The molecule has 0 saturated carbocycles. The fraction of sp³-hybridized carbons (Fsp3) is 0.0952. The number of nitrogens with one attached hydrogen (secondary N) is 2. The second kappa shape index (κ2) is 9.12. The van der Waals surface area contributed by atoms with Crippen LogP contribution in [0.1, 0.15) is 16.1 Å². The van der Waals surface area contributed by atoms with E-state index in [0.29, 0.717) is 22.5 Å². The number of amides is 1. The Hall–Kier alpha value is -4.19. The number of hydrogen-bond donors (Lipinski definition) is 2. The molecule has 0 aliphatic carbocycles. The van der Waals surface area contributed by atoms with Gasteiger partial charge in [-0.25, -0.2) is 22.5 Å². The second-order valence-electron chi connectivity index (χ2n) is 6.69. The first kappa shape index (κ1) is 22.0. The lowest BCUT2D eigenvalue weighted by molar-refractivity contribution is 0.0958. The zero-order valence-electron chi connectivity index (χ0n) is 17.2. The number of carbonyl (C=O) groups is 1. The quantitative estimate of drug-likeness (QED) is 0.423. The fourth-order valence-electron chi connectivity index (χ4n) is 2.94. The number of aromatic nitrogens is 4. The number of fused-ring (bicyclic) bond motifs is 1. The van der Waals surface area contributed by atoms with Crippen molar-refractivity contribution in [1.82, 2.24) is 25.5 Å². The third kappa shape index (κ3) is 4.85. The summed E-state index contributed by atoms with van der Waals surface area (Å²) in [5.74, 6) is 0.101. The topological polar surface area (TPSA) is 136 Å². The number of sulfonamides is 1. The monoisotopic (exact) mass is 468 g/mol. The standard InChI is InChI=1S/C21H17FN6O4S/c1-23-20(29)18-11-15(8-9-24-18)32-14-6-7-16-17(10-14)25-21(27-26-16)28-33(30,31)19-5-3-2-4-13(19)12-22/h2-11H,12H2,1H3,(H,23,29)(H,25,27,28). The summed E-state index contributed by atoms with van der Waals surface area (Å²) < 4.78 is 46.6. The lowest BCUT2D eigenvalue weighted by Gasteiger charge is -2.10. The molecule has 0 spiro atoms. The number of halogens is 1. The van der Waals surface area contributed by atoms with E-state index in [9.17, 15) is 17.6 Å². The maximum absolute atomic E-state index is 13.2. The summed E-state index contributed by atoms with van der Waals surface area (Å²) >= 11 is 0. The van der Waals surface area contributed by atoms with Crippen LogP contribution in [0.25, 0.3) is 11.0 Å². The van der Waals surface area contributed by atoms with E-state index in [2.05, 4.69) is 30.2 Å². The van der Waals surface area contributed by atoms with Crippen molar-refractivity contribution in [3.05, 3.63) is 72.1 Å². The molecule has 0 aliphatic heterocycles. The highest BCUT2D eigenvalue weighted by Crippen LogP contribution is 2.25. The Morgan fingerprint density at radius 1 is 1.03 bits per heavy atom. The van der Waals surface area contributed by atoms with Crippen LogP contribution >= 0.6 is 0 Å². The maximum Gasteiger partial charge on any atom is 0.269 e. The molecule has 2 aromatic heterocycles. The summed E-state index contributed by atoms with van der Waals surface area (Å²) in [6.07, 6.45) is 1.44. The van der Waals surface area contributed by atoms with Crippen molar-refractivity contribution in [2.75, 3.05) is 11.8 Å². The summed E-state index contributed by atoms with van der Waals surface area (Å²) in [6, 6.07) is 13.5. The zero-order valence-corrected chi connectivity index (χ0v) is 18.0. The lowest BCUT2D eigenvalue weighted by atomic mass is 10.2. The Kier molecular flexibility index (Phi) is 6.09. The number of rotatable bonds is 7. The van der Waals surface area contributed by atoms with Gasteiger partial charge in [0.1, 0.15) is 29.4 Å². The molecule has 168 valence electrons. The van der Waals surface area contributed by atoms with Crippen molar-refractivity contribution in [2.45, 2.75) is 11.6 Å². The van der Waals surface area contributed by atoms with Crippen LogP contribution in [0.2, 0.25) is 0 Å². The number of hydrogen-bond acceptors (Lipinski definition) is 8. The molecule has 0 radical (unpaired) electrons. The molecule has 2 N–H and O–H groups in total. The van der Waals surface area contributed by atoms with Crippen LogP contribution in [0.5, 0.6) is 11.5 Å². The maximum atomic E-state index is 13.2. The van der Waals surface area contributed by atoms with Gasteiger partial charge in [-0.3, -0.25) is 9.78 Å². The zero-order chi connectivity index (χ0) is 23.4. The number of ether oxygens (including phenoxy) is 1. The van der Waals surface area contributed by atoms with E-state index in [1.807, 2.05) is 0 Å². The Labute approximate surface area is 187 Å². The molecule has 1 amide bonds. The van der Waals surface area contributed by atoms with E-state index in [0.717, 1.165) is 0 Å². The smallest absolute Gasteiger partial charge is 0.269 e. The molecule has 0 fully saturated rings. The van der Waals surface area contributed by atoms with Gasteiger partial charge in [-0.15, -0.1) is 10.2 Å². The van der Waals surface area contributed by atoms with Crippen molar-refractivity contribution in [1.29, 1.82) is 0 Å². The Morgan fingerprint density at radius 2 is 1.82 bits per heavy atom. The first-order valence-electron chi connectivity index (χ1n) is 9.57. The van der Waals surface area contributed by atoms with E-state index in [-0.39, 0.29) is 28.0 Å². The van der Waals surface area contributed by atoms with E-state index in [1.165, 1.54) is 43.6 Å². The van der Waals surface area contributed by atoms with Gasteiger partial charge in [0.2, 0.25) is 0 Å². The molecule has 2 heterocycles. The Balaban J connectivity index is 1.61. The summed E-state index contributed by atoms with van der Waals surface area (Å²) in [5.41, 5.74) is 0.905. The molecule has 12 heteroatoms. The molecular formula is C21H17FN6O4S. The van der Waals surface area contributed by atoms with Crippen LogP contribution in [0.4, 0.5) is 10.3 Å². The first-order valence-corrected chi connectivity index (χ1v) is 11.0. The fourth-order valence-corrected chi connectivity index (χ4v) is 4.10. The number of pyridine rings is 1. The van der Waals surface area contributed by atoms with Gasteiger partial charge in [0, 0.05) is 30.9 Å². The highest BCUT2D eigenvalue weighted by atomic mass is 32.2. The number of nitrogens with zero attached hydrogens (tertiary/aromatic N) is 4. The number of anilines is 1. The SMILES string of the molecule is CNC(=O)c1cc(Oc2ccc3nnc(NS(=O)(=O)c4ccccc4CF)nc3c2)ccn1. The van der Waals surface area contributed by atoms with Gasteiger partial charge < -0.3 is 10.1 Å². The van der Waals surface area contributed by atoms with Gasteiger partial charge in [-0.1, -0.05) is 18.2 Å². The molecule has 0 aliphatic rings. The third-order valence-electron chi connectivity index (χ3n) is 4.48. The van der Waals surface area contributed by atoms with Crippen molar-refractivity contribution in [3.8, 4) is 11.5 Å². The molecule has 10 nitrogen and oxygen atoms in total. The molecule has 0 saturated heterocycles. The minimum atomic E-state index is -4.13. The van der Waals surface area contributed by atoms with E-state index in [4.69, 9.17) is 4.74 Å². The summed E-state index contributed by atoms with van der Waals surface area (Å²) in [5, 5.41) is 10.2. The summed E-state index contributed by atoms with van der Waals surface area (Å²) in [7, 11) is -2.63. The average molecular weight is 468 g/mol. The predicted octanol–water partition coefficient (Wildman–Crippen LogP) is 2.84. The summed E-state index contributed by atoms with van der Waals surface area (Å²) in [4.78, 5) is 19.7. The van der Waals surface area contributed by atoms with Crippen LogP contribution < -0.4 is 14.8 Å². The average Bonchev–Trinajstić information content (AvgIpc) is 2.83. The van der Waals surface area contributed by atoms with Crippen molar-refractivity contribution in [2.24, 2.45) is 0 Å². The highest BCUT2D eigenvalue weighted by molar-refractivity contribution is 7.92. The summed E-state index contributed by atoms with van der Waals surface area (Å²) in [6.45, 7) is -0.939. The molecule has 4 rings (SSSR count). The van der Waals surface area contributed by atoms with Crippen LogP contribution in [0, 0.1) is 0 Å². The van der Waals surface area contributed by atoms with Gasteiger partial charge in [-0.05, 0) is 24.3 Å². The number of alkyl halides is 1. The molecule has 33 heavy (non-hydrogen) atoms. The van der Waals surface area contributed by atoms with Gasteiger partial charge in [-0.2, -0.15) is 0 Å². The van der Waals surface area contributed by atoms with Crippen LogP contribution in [0.15, 0.2) is 65.7 Å². The van der Waals surface area contributed by atoms with Crippen molar-refractivity contribution < 1.29 is 22.3 Å². The minimum Gasteiger partial charge on any atom is -0.457 e. The molecule has 0 unspecified atom stereocenters. The normalized spacial score (nSPS) is 11.2. The first-order chi connectivity index (χ1) is 15.9. The van der Waals surface area contributed by atoms with Gasteiger partial charge in [0.05, 0.1) is 10.4 Å². The van der Waals surface area contributed by atoms with E-state index < -0.39 is 16.7 Å². The Morgan fingerprint density at radius 3 is 2.61 bits per heavy atom. The van der Waals surface area contributed by atoms with Gasteiger partial charge in [0.15, 0.2) is 0 Å². The molecular weight excluding hydrogens is 451 g/mol. The highest BCUT2D eigenvalue weighted by Gasteiger charge is 2.20. The van der Waals surface area contributed by atoms with E-state index >= 15 is 0 Å². The molecule has 0 bridgehead atoms. The second-order valence-corrected chi connectivity index (χ2v) is 8.34. The van der Waals surface area contributed by atoms with Gasteiger partial charge >= 0.3 is 0 Å². The van der Waals surface area contributed by atoms with E-state index in [1.54, 1.807) is 24.3 Å². The van der Waals surface area contributed by atoms with Crippen LogP contribution in [0.3, 0.4) is 0 Å². The largest absolute Gasteiger partial charge is 0.457 e. The molecule has 4 aromatic rings. The number of benzene rings is 2. The lowest BCUT2D eigenvalue weighted by Crippen LogP contribution is -2.18. The molecule has 2 aromatic carbocycles. The van der Waals surface area contributed by atoms with Crippen molar-refractivity contribution >= 4 is 32.9 Å². The minimum absolute atomic E-state index is 0.0166. The van der Waals surface area contributed by atoms with Gasteiger partial charge in [0.25, 0.3) is 21.9 Å².